The van der Waals surface area contributed by atoms with Crippen LogP contribution in [0.4, 0.5) is 8.78 Å². The molecule has 1 saturated heterocycles. The number of hydrogen-bond acceptors (Lipinski definition) is 4. The zero-order chi connectivity index (χ0) is 16.6. The number of nitrogens with zero attached hydrogens (tertiary/aromatic N) is 3. The van der Waals surface area contributed by atoms with Crippen molar-refractivity contribution in [3.8, 4) is 11.3 Å². The molecule has 23 heavy (non-hydrogen) atoms. The largest absolute Gasteiger partial charge is 0.359 e. The highest BCUT2D eigenvalue weighted by atomic mass is 19.2. The van der Waals surface area contributed by atoms with Crippen molar-refractivity contribution in [3.05, 3.63) is 40.2 Å². The first kappa shape index (κ1) is 15.9. The van der Waals surface area contributed by atoms with E-state index in [1.165, 1.54) is 13.0 Å². The Kier molecular flexibility index (Phi) is 4.30. The Balaban J connectivity index is 1.90. The van der Waals surface area contributed by atoms with Crippen molar-refractivity contribution >= 4 is 0 Å². The molecule has 0 amide bonds. The van der Waals surface area contributed by atoms with E-state index in [1.807, 2.05) is 0 Å². The van der Waals surface area contributed by atoms with E-state index in [2.05, 4.69) is 17.0 Å². The molecule has 0 saturated carbocycles. The molecular weight excluding hydrogens is 304 g/mol. The van der Waals surface area contributed by atoms with Crippen molar-refractivity contribution in [1.82, 2.24) is 10.1 Å². The summed E-state index contributed by atoms with van der Waals surface area (Å²) >= 11 is 0. The van der Waals surface area contributed by atoms with Crippen LogP contribution < -0.4 is 4.90 Å². The summed E-state index contributed by atoms with van der Waals surface area (Å²) in [5.41, 5.74) is 1.00. The number of piperidine rings is 1. The molecule has 1 fully saturated rings. The molecule has 1 aromatic carbocycles. The van der Waals surface area contributed by atoms with Gasteiger partial charge in [0, 0.05) is 10.7 Å². The summed E-state index contributed by atoms with van der Waals surface area (Å²) < 4.78 is 31.8. The maximum atomic E-state index is 13.6. The van der Waals surface area contributed by atoms with Crippen molar-refractivity contribution in [3.63, 3.8) is 0 Å². The number of rotatable bonds is 3. The van der Waals surface area contributed by atoms with Gasteiger partial charge in [0.2, 0.25) is 11.4 Å². The van der Waals surface area contributed by atoms with Crippen LogP contribution in [-0.2, 0) is 6.54 Å². The highest BCUT2D eigenvalue weighted by Crippen LogP contribution is 2.26. The van der Waals surface area contributed by atoms with Gasteiger partial charge in [-0.05, 0) is 61.4 Å². The van der Waals surface area contributed by atoms with E-state index in [-0.39, 0.29) is 21.7 Å². The third kappa shape index (κ3) is 3.19. The molecule has 0 radical (unpaired) electrons. The van der Waals surface area contributed by atoms with E-state index >= 15 is 0 Å². The summed E-state index contributed by atoms with van der Waals surface area (Å²) in [7, 11) is 0. The molecule has 1 aromatic heterocycles. The normalized spacial score (nSPS) is 16.9. The summed E-state index contributed by atoms with van der Waals surface area (Å²) in [4.78, 5) is 2.45. The minimum absolute atomic E-state index is 0.138. The van der Waals surface area contributed by atoms with E-state index in [0.29, 0.717) is 18.2 Å². The monoisotopic (exact) mass is 323 g/mol. The fourth-order valence-electron chi connectivity index (χ4n) is 2.95. The molecule has 0 aliphatic carbocycles. The van der Waals surface area contributed by atoms with E-state index < -0.39 is 11.6 Å². The second-order valence-electron chi connectivity index (χ2n) is 6.27. The fourth-order valence-corrected chi connectivity index (χ4v) is 2.95. The Hall–Kier alpha value is -2.02. The summed E-state index contributed by atoms with van der Waals surface area (Å²) in [6.07, 6.45) is 2.18. The van der Waals surface area contributed by atoms with Gasteiger partial charge in [-0.25, -0.2) is 8.78 Å². The van der Waals surface area contributed by atoms with Crippen LogP contribution in [0.1, 0.15) is 31.0 Å². The molecule has 124 valence electrons. The van der Waals surface area contributed by atoms with Crippen molar-refractivity contribution in [2.75, 3.05) is 13.1 Å². The number of halogens is 2. The van der Waals surface area contributed by atoms with Crippen LogP contribution in [-0.4, -0.2) is 23.1 Å². The molecule has 7 heteroatoms. The van der Waals surface area contributed by atoms with Crippen LogP contribution in [0.25, 0.3) is 11.3 Å². The molecule has 2 aromatic rings. The Morgan fingerprint density at radius 3 is 2.70 bits per heavy atom. The average Bonchev–Trinajstić information content (AvgIpc) is 2.87. The van der Waals surface area contributed by atoms with Gasteiger partial charge in [-0.3, -0.25) is 9.53 Å². The summed E-state index contributed by atoms with van der Waals surface area (Å²) in [6, 6.07) is 2.44. The molecule has 5 nitrogen and oxygen atoms in total. The number of aryl methyl sites for hydroxylation is 1. The summed E-state index contributed by atoms with van der Waals surface area (Å²) in [5.74, 6) is -1.20. The lowest BCUT2D eigenvalue weighted by Crippen LogP contribution is -2.33. The van der Waals surface area contributed by atoms with Crippen LogP contribution in [0.3, 0.4) is 0 Å². The number of hydrogen-bond donors (Lipinski definition) is 0. The predicted octanol–water partition coefficient (Wildman–Crippen LogP) is 2.79. The third-order valence-electron chi connectivity index (χ3n) is 4.41. The maximum Gasteiger partial charge on any atom is 0.240 e. The molecule has 1 aliphatic heterocycles. The highest BCUT2D eigenvalue weighted by Gasteiger charge is 2.26. The molecule has 0 spiro atoms. The van der Waals surface area contributed by atoms with Crippen LogP contribution in [0.2, 0.25) is 0 Å². The molecule has 3 rings (SSSR count). The molecule has 2 heterocycles. The standard InChI is InChI=1S/C16H19F2N3O2/c1-10-3-5-20(6-4-10)9-14-16(21(22)23-19-14)12-7-11(2)15(18)13(17)8-12/h7-8,10H,3-6,9H2,1-2H3. The lowest BCUT2D eigenvalue weighted by atomic mass is 9.99. The van der Waals surface area contributed by atoms with Crippen LogP contribution in [0.15, 0.2) is 16.8 Å². The van der Waals surface area contributed by atoms with Gasteiger partial charge >= 0.3 is 0 Å². The Bertz CT molecular complexity index is 686. The van der Waals surface area contributed by atoms with Gasteiger partial charge in [-0.1, -0.05) is 6.92 Å². The van der Waals surface area contributed by atoms with Gasteiger partial charge < -0.3 is 5.21 Å². The fraction of sp³-hybridized carbons (Fsp3) is 0.500. The summed E-state index contributed by atoms with van der Waals surface area (Å²) in [6.45, 7) is 5.97. The van der Waals surface area contributed by atoms with Crippen molar-refractivity contribution in [2.45, 2.75) is 33.2 Å². The molecular formula is C16H19F2N3O2. The Morgan fingerprint density at radius 1 is 1.35 bits per heavy atom. The molecule has 0 unspecified atom stereocenters. The van der Waals surface area contributed by atoms with E-state index in [1.54, 1.807) is 0 Å². The van der Waals surface area contributed by atoms with Crippen molar-refractivity contribution < 1.29 is 18.3 Å². The van der Waals surface area contributed by atoms with Gasteiger partial charge in [-0.2, -0.15) is 0 Å². The molecule has 0 atom stereocenters. The first-order valence-corrected chi connectivity index (χ1v) is 7.72. The lowest BCUT2D eigenvalue weighted by Gasteiger charge is -2.28. The third-order valence-corrected chi connectivity index (χ3v) is 4.41. The van der Waals surface area contributed by atoms with Gasteiger partial charge in [-0.15, -0.1) is 0 Å². The minimum Gasteiger partial charge on any atom is -0.359 e. The number of benzene rings is 1. The van der Waals surface area contributed by atoms with Crippen molar-refractivity contribution in [1.29, 1.82) is 0 Å². The van der Waals surface area contributed by atoms with E-state index in [0.717, 1.165) is 32.0 Å². The first-order valence-electron chi connectivity index (χ1n) is 7.72. The quantitative estimate of drug-likeness (QED) is 0.815. The van der Waals surface area contributed by atoms with Crippen LogP contribution in [0.5, 0.6) is 0 Å². The van der Waals surface area contributed by atoms with Crippen LogP contribution in [0, 0.1) is 29.7 Å². The summed E-state index contributed by atoms with van der Waals surface area (Å²) in [5, 5.41) is 15.7. The second-order valence-corrected chi connectivity index (χ2v) is 6.27. The zero-order valence-corrected chi connectivity index (χ0v) is 13.2. The first-order chi connectivity index (χ1) is 11.0. The van der Waals surface area contributed by atoms with Gasteiger partial charge in [0.15, 0.2) is 11.6 Å². The van der Waals surface area contributed by atoms with Crippen LogP contribution >= 0.6 is 0 Å². The highest BCUT2D eigenvalue weighted by molar-refractivity contribution is 5.59. The predicted molar refractivity (Wildman–Crippen MR) is 79.2 cm³/mol. The average molecular weight is 323 g/mol. The minimum atomic E-state index is -0.987. The number of likely N-dealkylation sites (tertiary alicyclic amines) is 1. The van der Waals surface area contributed by atoms with E-state index in [4.69, 9.17) is 4.63 Å². The zero-order valence-electron chi connectivity index (χ0n) is 13.2. The smallest absolute Gasteiger partial charge is 0.240 e. The van der Waals surface area contributed by atoms with Crippen molar-refractivity contribution in [2.24, 2.45) is 5.92 Å². The maximum absolute atomic E-state index is 13.6. The van der Waals surface area contributed by atoms with Gasteiger partial charge in [0.1, 0.15) is 0 Å². The molecule has 0 bridgehead atoms. The Morgan fingerprint density at radius 2 is 2.04 bits per heavy atom. The topological polar surface area (TPSA) is 56.2 Å². The van der Waals surface area contributed by atoms with Gasteiger partial charge in [0.05, 0.1) is 6.54 Å². The van der Waals surface area contributed by atoms with Gasteiger partial charge in [0.25, 0.3) is 0 Å². The Labute approximate surface area is 133 Å². The lowest BCUT2D eigenvalue weighted by molar-refractivity contribution is -0.793. The number of aromatic nitrogens is 2. The SMILES string of the molecule is Cc1cc(-c2c(CN3CCC(C)CC3)no[n+]2[O-])cc(F)c1F. The second kappa shape index (κ2) is 6.23. The molecule has 0 N–H and O–H groups in total. The van der Waals surface area contributed by atoms with E-state index in [9.17, 15) is 14.0 Å². The molecule has 1 aliphatic rings.